The van der Waals surface area contributed by atoms with E-state index in [1.807, 2.05) is 26.2 Å². The van der Waals surface area contributed by atoms with Crippen molar-refractivity contribution in [1.29, 1.82) is 0 Å². The predicted octanol–water partition coefficient (Wildman–Crippen LogP) is 2.00. The second-order valence-electron chi connectivity index (χ2n) is 5.35. The highest BCUT2D eigenvalue weighted by atomic mass is 15.2. The van der Waals surface area contributed by atoms with Crippen LogP contribution in [0.15, 0.2) is 24.7 Å². The van der Waals surface area contributed by atoms with E-state index in [4.69, 9.17) is 0 Å². The van der Waals surface area contributed by atoms with Crippen molar-refractivity contribution in [3.05, 3.63) is 36.2 Å². The predicted molar refractivity (Wildman–Crippen MR) is 82.5 cm³/mol. The molecule has 0 aromatic carbocycles. The molecule has 0 bridgehead atoms. The summed E-state index contributed by atoms with van der Waals surface area (Å²) in [5.41, 5.74) is 1.00. The van der Waals surface area contributed by atoms with Crippen molar-refractivity contribution in [3.63, 3.8) is 0 Å². The van der Waals surface area contributed by atoms with Gasteiger partial charge in [0.1, 0.15) is 17.5 Å². The molecule has 1 atom stereocenters. The summed E-state index contributed by atoms with van der Waals surface area (Å²) in [6.07, 6.45) is 7.49. The Kier molecular flexibility index (Phi) is 3.94. The molecule has 1 aliphatic heterocycles. The first kappa shape index (κ1) is 13.7. The van der Waals surface area contributed by atoms with Gasteiger partial charge >= 0.3 is 0 Å². The molecule has 3 rings (SSSR count). The number of hydrogen-bond donors (Lipinski definition) is 1. The molecule has 1 unspecified atom stereocenters. The molecular formula is C15H20N6. The van der Waals surface area contributed by atoms with Gasteiger partial charge in [0.25, 0.3) is 0 Å². The summed E-state index contributed by atoms with van der Waals surface area (Å²) in [4.78, 5) is 20.1. The molecule has 6 nitrogen and oxygen atoms in total. The Balaban J connectivity index is 1.81. The lowest BCUT2D eigenvalue weighted by Gasteiger charge is -2.32. The molecule has 2 aromatic rings. The summed E-state index contributed by atoms with van der Waals surface area (Å²) in [5.74, 6) is 3.08. The van der Waals surface area contributed by atoms with Gasteiger partial charge in [0.05, 0.1) is 6.20 Å². The maximum atomic E-state index is 4.62. The van der Waals surface area contributed by atoms with E-state index in [-0.39, 0.29) is 0 Å². The third-order valence-electron chi connectivity index (χ3n) is 3.79. The first-order valence-electron chi connectivity index (χ1n) is 7.30. The number of nitrogens with one attached hydrogen (secondary N) is 1. The van der Waals surface area contributed by atoms with Crippen LogP contribution in [0.5, 0.6) is 0 Å². The van der Waals surface area contributed by atoms with Gasteiger partial charge in [-0.25, -0.2) is 15.0 Å². The maximum Gasteiger partial charge on any atom is 0.147 e. The van der Waals surface area contributed by atoms with Gasteiger partial charge in [-0.3, -0.25) is 4.98 Å². The van der Waals surface area contributed by atoms with Crippen molar-refractivity contribution in [2.45, 2.75) is 25.7 Å². The van der Waals surface area contributed by atoms with E-state index < -0.39 is 0 Å². The minimum atomic E-state index is 0.341. The molecule has 2 aromatic heterocycles. The molecule has 0 saturated carbocycles. The number of aromatic nitrogens is 4. The number of piperidine rings is 1. The second kappa shape index (κ2) is 6.03. The Labute approximate surface area is 124 Å². The second-order valence-corrected chi connectivity index (χ2v) is 5.35. The number of anilines is 2. The summed E-state index contributed by atoms with van der Waals surface area (Å²) in [5, 5.41) is 3.10. The Bertz CT molecular complexity index is 600. The van der Waals surface area contributed by atoms with Crippen LogP contribution in [0.2, 0.25) is 0 Å². The zero-order valence-electron chi connectivity index (χ0n) is 12.5. The van der Waals surface area contributed by atoms with Gasteiger partial charge in [-0.15, -0.1) is 0 Å². The fourth-order valence-electron chi connectivity index (χ4n) is 2.75. The van der Waals surface area contributed by atoms with Crippen LogP contribution in [0.3, 0.4) is 0 Å². The Hall–Kier alpha value is -2.24. The van der Waals surface area contributed by atoms with Crippen molar-refractivity contribution < 1.29 is 0 Å². The lowest BCUT2D eigenvalue weighted by Crippen LogP contribution is -2.35. The lowest BCUT2D eigenvalue weighted by molar-refractivity contribution is 0.488. The van der Waals surface area contributed by atoms with E-state index in [9.17, 15) is 0 Å². The van der Waals surface area contributed by atoms with Gasteiger partial charge in [-0.2, -0.15) is 0 Å². The smallest absolute Gasteiger partial charge is 0.147 e. The van der Waals surface area contributed by atoms with Gasteiger partial charge in [-0.1, -0.05) is 0 Å². The third-order valence-corrected chi connectivity index (χ3v) is 3.79. The van der Waals surface area contributed by atoms with Gasteiger partial charge in [0, 0.05) is 50.2 Å². The molecule has 6 heteroatoms. The van der Waals surface area contributed by atoms with Crippen molar-refractivity contribution in [2.24, 2.45) is 0 Å². The lowest BCUT2D eigenvalue weighted by atomic mass is 9.97. The molecule has 21 heavy (non-hydrogen) atoms. The van der Waals surface area contributed by atoms with E-state index in [0.717, 1.165) is 49.1 Å². The van der Waals surface area contributed by atoms with Crippen LogP contribution in [-0.4, -0.2) is 40.1 Å². The number of aryl methyl sites for hydroxylation is 1. The molecule has 110 valence electrons. The van der Waals surface area contributed by atoms with E-state index >= 15 is 0 Å². The molecule has 0 amide bonds. The molecule has 1 aliphatic rings. The SMILES string of the molecule is CNc1cc(C)nc(C2CCCN(c3cnccn3)C2)n1. The van der Waals surface area contributed by atoms with Crippen LogP contribution in [0.25, 0.3) is 0 Å². The molecule has 1 saturated heterocycles. The monoisotopic (exact) mass is 284 g/mol. The molecule has 3 heterocycles. The van der Waals surface area contributed by atoms with E-state index in [1.54, 1.807) is 12.4 Å². The highest BCUT2D eigenvalue weighted by Gasteiger charge is 2.24. The Morgan fingerprint density at radius 2 is 2.19 bits per heavy atom. The summed E-state index contributed by atoms with van der Waals surface area (Å²) in [6.45, 7) is 3.92. The van der Waals surface area contributed by atoms with Crippen LogP contribution in [-0.2, 0) is 0 Å². The maximum absolute atomic E-state index is 4.62. The van der Waals surface area contributed by atoms with Crippen molar-refractivity contribution in [3.8, 4) is 0 Å². The number of rotatable bonds is 3. The topological polar surface area (TPSA) is 66.8 Å². The van der Waals surface area contributed by atoms with Gasteiger partial charge in [-0.05, 0) is 19.8 Å². The summed E-state index contributed by atoms with van der Waals surface area (Å²) in [7, 11) is 1.89. The minimum Gasteiger partial charge on any atom is -0.373 e. The van der Waals surface area contributed by atoms with E-state index in [1.165, 1.54) is 0 Å². The summed E-state index contributed by atoms with van der Waals surface area (Å²) >= 11 is 0. The number of nitrogens with zero attached hydrogens (tertiary/aromatic N) is 5. The molecule has 1 fully saturated rings. The van der Waals surface area contributed by atoms with Crippen LogP contribution in [0, 0.1) is 6.92 Å². The molecule has 1 N–H and O–H groups in total. The average molecular weight is 284 g/mol. The van der Waals surface area contributed by atoms with Crippen LogP contribution in [0.4, 0.5) is 11.6 Å². The number of hydrogen-bond acceptors (Lipinski definition) is 6. The molecule has 0 radical (unpaired) electrons. The van der Waals surface area contributed by atoms with Crippen molar-refractivity contribution in [1.82, 2.24) is 19.9 Å². The summed E-state index contributed by atoms with van der Waals surface area (Å²) < 4.78 is 0. The standard InChI is InChI=1S/C15H20N6/c1-11-8-13(16-2)20-15(19-11)12-4-3-7-21(10-12)14-9-17-5-6-18-14/h5-6,8-9,12H,3-4,7,10H2,1-2H3,(H,16,19,20). The first-order valence-corrected chi connectivity index (χ1v) is 7.30. The van der Waals surface area contributed by atoms with Crippen LogP contribution in [0.1, 0.15) is 30.3 Å². The van der Waals surface area contributed by atoms with Crippen LogP contribution < -0.4 is 10.2 Å². The van der Waals surface area contributed by atoms with Gasteiger partial charge in [0.15, 0.2) is 0 Å². The molecule has 0 aliphatic carbocycles. The minimum absolute atomic E-state index is 0.341. The molecular weight excluding hydrogens is 264 g/mol. The highest BCUT2D eigenvalue weighted by molar-refractivity contribution is 5.38. The van der Waals surface area contributed by atoms with E-state index in [2.05, 4.69) is 30.2 Å². The fourth-order valence-corrected chi connectivity index (χ4v) is 2.75. The zero-order chi connectivity index (χ0) is 14.7. The third kappa shape index (κ3) is 3.09. The van der Waals surface area contributed by atoms with Crippen molar-refractivity contribution in [2.75, 3.05) is 30.4 Å². The summed E-state index contributed by atoms with van der Waals surface area (Å²) in [6, 6.07) is 1.97. The van der Waals surface area contributed by atoms with Gasteiger partial charge < -0.3 is 10.2 Å². The highest BCUT2D eigenvalue weighted by Crippen LogP contribution is 2.27. The van der Waals surface area contributed by atoms with Gasteiger partial charge in [0.2, 0.25) is 0 Å². The van der Waals surface area contributed by atoms with Crippen molar-refractivity contribution >= 4 is 11.6 Å². The largest absolute Gasteiger partial charge is 0.373 e. The zero-order valence-corrected chi connectivity index (χ0v) is 12.5. The first-order chi connectivity index (χ1) is 10.3. The molecule has 0 spiro atoms. The van der Waals surface area contributed by atoms with E-state index in [0.29, 0.717) is 5.92 Å². The fraction of sp³-hybridized carbons (Fsp3) is 0.467. The Morgan fingerprint density at radius 3 is 2.95 bits per heavy atom. The Morgan fingerprint density at radius 1 is 1.29 bits per heavy atom. The normalized spacial score (nSPS) is 18.6. The van der Waals surface area contributed by atoms with Crippen LogP contribution >= 0.6 is 0 Å². The average Bonchev–Trinajstić information content (AvgIpc) is 2.55. The quantitative estimate of drug-likeness (QED) is 0.930.